The third-order valence-corrected chi connectivity index (χ3v) is 4.73. The van der Waals surface area contributed by atoms with E-state index in [1.54, 1.807) is 6.07 Å². The first-order valence-electron chi connectivity index (χ1n) is 8.89. The van der Waals surface area contributed by atoms with Gasteiger partial charge in [-0.15, -0.1) is 0 Å². The molecule has 0 fully saturated rings. The summed E-state index contributed by atoms with van der Waals surface area (Å²) in [5.74, 6) is 0.972. The number of imidazole rings is 1. The number of benzene rings is 1. The molecule has 0 saturated heterocycles. The molecular weight excluding hydrogens is 334 g/mol. The summed E-state index contributed by atoms with van der Waals surface area (Å²) in [5, 5.41) is 15.0. The van der Waals surface area contributed by atoms with Crippen LogP contribution >= 0.6 is 11.6 Å². The average Bonchev–Trinajstić information content (AvgIpc) is 2.93. The number of aliphatic hydroxyl groups is 1. The second kappa shape index (κ2) is 8.45. The standard InChI is InChI=1S/C20H24ClN3O/c1-15-17-13-14-19(21)23-24(17)20(22-15)12-8-3-2-7-11-18(25)16-9-5-4-6-10-16/h4-6,9-10,13-14,18,25H,2-3,7-8,11-12H2,1H3. The van der Waals surface area contributed by atoms with Crippen LogP contribution in [0.1, 0.15) is 55.3 Å². The Labute approximate surface area is 153 Å². The molecule has 0 radical (unpaired) electrons. The van der Waals surface area contributed by atoms with Crippen molar-refractivity contribution in [3.63, 3.8) is 0 Å². The highest BCUT2D eigenvalue weighted by Gasteiger charge is 2.10. The first kappa shape index (κ1) is 17.9. The summed E-state index contributed by atoms with van der Waals surface area (Å²) < 4.78 is 1.86. The number of rotatable bonds is 8. The van der Waals surface area contributed by atoms with Crippen molar-refractivity contribution in [2.45, 2.75) is 51.6 Å². The molecule has 25 heavy (non-hydrogen) atoms. The van der Waals surface area contributed by atoms with E-state index in [-0.39, 0.29) is 6.10 Å². The molecule has 132 valence electrons. The van der Waals surface area contributed by atoms with Crippen molar-refractivity contribution < 1.29 is 5.11 Å². The quantitative estimate of drug-likeness (QED) is 0.582. The molecule has 1 aromatic carbocycles. The summed E-state index contributed by atoms with van der Waals surface area (Å²) in [5.41, 5.74) is 3.01. The van der Waals surface area contributed by atoms with Crippen molar-refractivity contribution >= 4 is 17.1 Å². The number of aromatic nitrogens is 3. The molecule has 2 aromatic heterocycles. The second-order valence-electron chi connectivity index (χ2n) is 6.45. The maximum atomic E-state index is 10.2. The zero-order valence-corrected chi connectivity index (χ0v) is 15.3. The molecule has 0 aliphatic carbocycles. The average molecular weight is 358 g/mol. The van der Waals surface area contributed by atoms with Gasteiger partial charge in [-0.3, -0.25) is 0 Å². The fraction of sp³-hybridized carbons (Fsp3) is 0.400. The largest absolute Gasteiger partial charge is 0.388 e. The molecule has 2 heterocycles. The summed E-state index contributed by atoms with van der Waals surface area (Å²) >= 11 is 6.00. The van der Waals surface area contributed by atoms with E-state index in [4.69, 9.17) is 11.6 Å². The molecule has 1 unspecified atom stereocenters. The Morgan fingerprint density at radius 2 is 1.80 bits per heavy atom. The van der Waals surface area contributed by atoms with Gasteiger partial charge in [-0.25, -0.2) is 9.50 Å². The van der Waals surface area contributed by atoms with E-state index in [0.29, 0.717) is 5.15 Å². The lowest BCUT2D eigenvalue weighted by Gasteiger charge is -2.10. The van der Waals surface area contributed by atoms with Gasteiger partial charge in [-0.2, -0.15) is 5.10 Å². The van der Waals surface area contributed by atoms with Gasteiger partial charge in [0.1, 0.15) is 11.0 Å². The van der Waals surface area contributed by atoms with E-state index in [1.807, 2.05) is 47.8 Å². The van der Waals surface area contributed by atoms with Crippen LogP contribution < -0.4 is 0 Å². The predicted molar refractivity (Wildman–Crippen MR) is 101 cm³/mol. The van der Waals surface area contributed by atoms with Crippen LogP contribution in [-0.4, -0.2) is 19.7 Å². The molecule has 0 aliphatic heterocycles. The Bertz CT molecular complexity index is 816. The number of nitrogens with zero attached hydrogens (tertiary/aromatic N) is 3. The summed E-state index contributed by atoms with van der Waals surface area (Å²) in [7, 11) is 0. The van der Waals surface area contributed by atoms with Crippen LogP contribution in [0.5, 0.6) is 0 Å². The van der Waals surface area contributed by atoms with Gasteiger partial charge < -0.3 is 5.11 Å². The van der Waals surface area contributed by atoms with Crippen LogP contribution in [0.4, 0.5) is 0 Å². The summed E-state index contributed by atoms with van der Waals surface area (Å²) in [4.78, 5) is 4.62. The van der Waals surface area contributed by atoms with Crippen LogP contribution in [0.25, 0.3) is 5.52 Å². The van der Waals surface area contributed by atoms with E-state index in [2.05, 4.69) is 10.1 Å². The normalized spacial score (nSPS) is 12.6. The zero-order chi connectivity index (χ0) is 17.6. The topological polar surface area (TPSA) is 50.4 Å². The zero-order valence-electron chi connectivity index (χ0n) is 14.5. The van der Waals surface area contributed by atoms with Crippen LogP contribution in [0.3, 0.4) is 0 Å². The molecule has 1 N–H and O–H groups in total. The highest BCUT2D eigenvalue weighted by Crippen LogP contribution is 2.20. The molecule has 0 spiro atoms. The van der Waals surface area contributed by atoms with E-state index in [0.717, 1.165) is 61.1 Å². The molecule has 0 bridgehead atoms. The lowest BCUT2D eigenvalue weighted by Crippen LogP contribution is -1.99. The number of hydrogen-bond acceptors (Lipinski definition) is 3. The minimum Gasteiger partial charge on any atom is -0.388 e. The summed E-state index contributed by atoms with van der Waals surface area (Å²) in [6.07, 6.45) is 5.67. The molecule has 3 aromatic rings. The van der Waals surface area contributed by atoms with Gasteiger partial charge in [0.15, 0.2) is 0 Å². The first-order valence-corrected chi connectivity index (χ1v) is 9.27. The molecule has 5 heteroatoms. The van der Waals surface area contributed by atoms with Crippen LogP contribution in [0.2, 0.25) is 5.15 Å². The molecule has 3 rings (SSSR count). The minimum absolute atomic E-state index is 0.355. The van der Waals surface area contributed by atoms with Gasteiger partial charge in [-0.1, -0.05) is 61.2 Å². The van der Waals surface area contributed by atoms with Gasteiger partial charge in [0, 0.05) is 6.42 Å². The summed E-state index contributed by atoms with van der Waals surface area (Å²) in [6, 6.07) is 13.6. The SMILES string of the molecule is Cc1nc(CCCCCCC(O)c2ccccc2)n2nc(Cl)ccc12. The smallest absolute Gasteiger partial charge is 0.150 e. The summed E-state index contributed by atoms with van der Waals surface area (Å²) in [6.45, 7) is 2.00. The molecule has 1 atom stereocenters. The highest BCUT2D eigenvalue weighted by atomic mass is 35.5. The first-order chi connectivity index (χ1) is 12.1. The van der Waals surface area contributed by atoms with Gasteiger partial charge in [-0.05, 0) is 37.5 Å². The van der Waals surface area contributed by atoms with Crippen LogP contribution in [0, 0.1) is 6.92 Å². The maximum Gasteiger partial charge on any atom is 0.150 e. The molecule has 0 saturated carbocycles. The fourth-order valence-corrected chi connectivity index (χ4v) is 3.29. The molecule has 0 aliphatic rings. The Morgan fingerprint density at radius 3 is 2.60 bits per heavy atom. The fourth-order valence-electron chi connectivity index (χ4n) is 3.15. The van der Waals surface area contributed by atoms with Crippen molar-refractivity contribution in [2.75, 3.05) is 0 Å². The number of halogens is 1. The Kier molecular flexibility index (Phi) is 6.05. The number of hydrogen-bond donors (Lipinski definition) is 1. The van der Waals surface area contributed by atoms with Gasteiger partial charge >= 0.3 is 0 Å². The Balaban J connectivity index is 1.43. The minimum atomic E-state index is -0.355. The molecule has 4 nitrogen and oxygen atoms in total. The maximum absolute atomic E-state index is 10.2. The molecule has 0 amide bonds. The third kappa shape index (κ3) is 4.59. The Morgan fingerprint density at radius 1 is 1.04 bits per heavy atom. The predicted octanol–water partition coefficient (Wildman–Crippen LogP) is 4.92. The Hall–Kier alpha value is -1.91. The number of aryl methyl sites for hydroxylation is 2. The van der Waals surface area contributed by atoms with E-state index in [1.165, 1.54) is 0 Å². The number of unbranched alkanes of at least 4 members (excludes halogenated alkanes) is 3. The lowest BCUT2D eigenvalue weighted by atomic mass is 10.0. The van der Waals surface area contributed by atoms with E-state index < -0.39 is 0 Å². The van der Waals surface area contributed by atoms with Crippen LogP contribution in [0.15, 0.2) is 42.5 Å². The van der Waals surface area contributed by atoms with Crippen molar-refractivity contribution in [3.8, 4) is 0 Å². The monoisotopic (exact) mass is 357 g/mol. The van der Waals surface area contributed by atoms with Gasteiger partial charge in [0.2, 0.25) is 0 Å². The van der Waals surface area contributed by atoms with Gasteiger partial charge in [0.05, 0.1) is 17.3 Å². The van der Waals surface area contributed by atoms with E-state index in [9.17, 15) is 5.11 Å². The van der Waals surface area contributed by atoms with Crippen molar-refractivity contribution in [2.24, 2.45) is 0 Å². The lowest BCUT2D eigenvalue weighted by molar-refractivity contribution is 0.163. The number of aliphatic hydroxyl groups excluding tert-OH is 1. The van der Waals surface area contributed by atoms with Crippen molar-refractivity contribution in [1.29, 1.82) is 0 Å². The third-order valence-electron chi connectivity index (χ3n) is 4.53. The van der Waals surface area contributed by atoms with Gasteiger partial charge in [0.25, 0.3) is 0 Å². The van der Waals surface area contributed by atoms with Crippen molar-refractivity contribution in [1.82, 2.24) is 14.6 Å². The van der Waals surface area contributed by atoms with Crippen LogP contribution in [-0.2, 0) is 6.42 Å². The molecular formula is C20H24ClN3O. The highest BCUT2D eigenvalue weighted by molar-refractivity contribution is 6.29. The van der Waals surface area contributed by atoms with Crippen molar-refractivity contribution in [3.05, 3.63) is 64.7 Å². The van der Waals surface area contributed by atoms with E-state index >= 15 is 0 Å². The number of fused-ring (bicyclic) bond motifs is 1. The second-order valence-corrected chi connectivity index (χ2v) is 6.83.